The van der Waals surface area contributed by atoms with E-state index in [-0.39, 0.29) is 10.3 Å². The molecule has 0 saturated carbocycles. The monoisotopic (exact) mass is 226 g/mol. The molecule has 5 nitrogen and oxygen atoms in total. The van der Waals surface area contributed by atoms with Crippen molar-refractivity contribution >= 4 is 18.2 Å². The van der Waals surface area contributed by atoms with E-state index in [0.29, 0.717) is 30.5 Å². The molecule has 1 aliphatic rings. The third-order valence-electron chi connectivity index (χ3n) is 2.67. The lowest BCUT2D eigenvalue weighted by molar-refractivity contribution is -0.142. The second kappa shape index (κ2) is 3.62. The zero-order chi connectivity index (χ0) is 11.0. The summed E-state index contributed by atoms with van der Waals surface area (Å²) in [6, 6.07) is 0. The molecule has 0 bridgehead atoms. The van der Waals surface area contributed by atoms with Gasteiger partial charge in [0.15, 0.2) is 4.77 Å². The van der Waals surface area contributed by atoms with Crippen LogP contribution in [0.2, 0.25) is 0 Å². The van der Waals surface area contributed by atoms with Gasteiger partial charge in [0.2, 0.25) is 0 Å². The molecule has 15 heavy (non-hydrogen) atoms. The van der Waals surface area contributed by atoms with E-state index in [2.05, 4.69) is 9.97 Å². The quantitative estimate of drug-likeness (QED) is 0.613. The summed E-state index contributed by atoms with van der Waals surface area (Å²) in [6.07, 6.45) is 1.36. The molecule has 1 heterocycles. The van der Waals surface area contributed by atoms with Crippen molar-refractivity contribution in [1.29, 1.82) is 0 Å². The third-order valence-corrected chi connectivity index (χ3v) is 2.88. The van der Waals surface area contributed by atoms with Gasteiger partial charge in [-0.25, -0.2) is 0 Å². The number of hydrogen-bond acceptors (Lipinski definition) is 3. The fourth-order valence-electron chi connectivity index (χ4n) is 1.88. The molecule has 0 aromatic carbocycles. The molecule has 0 saturated heterocycles. The predicted octanol–water partition coefficient (Wildman–Crippen LogP) is 0.622. The van der Waals surface area contributed by atoms with Crippen molar-refractivity contribution in [1.82, 2.24) is 9.97 Å². The maximum absolute atomic E-state index is 11.5. The fourth-order valence-corrected chi connectivity index (χ4v) is 2.09. The Balaban J connectivity index is 2.46. The first-order valence-corrected chi connectivity index (χ1v) is 5.06. The van der Waals surface area contributed by atoms with E-state index in [1.54, 1.807) is 0 Å². The lowest BCUT2D eigenvalue weighted by atomic mass is 9.87. The topological polar surface area (TPSA) is 85.9 Å². The van der Waals surface area contributed by atoms with Crippen LogP contribution in [-0.2, 0) is 17.6 Å². The maximum atomic E-state index is 11.5. The van der Waals surface area contributed by atoms with Crippen LogP contribution in [0.3, 0.4) is 0 Å². The molecule has 1 aromatic rings. The van der Waals surface area contributed by atoms with Gasteiger partial charge in [-0.15, -0.1) is 0 Å². The van der Waals surface area contributed by atoms with Gasteiger partial charge in [-0.1, -0.05) is 0 Å². The highest BCUT2D eigenvalue weighted by Gasteiger charge is 2.26. The van der Waals surface area contributed by atoms with Crippen LogP contribution >= 0.6 is 12.2 Å². The second-order valence-corrected chi connectivity index (χ2v) is 4.05. The minimum atomic E-state index is -0.819. The number of H-pyrrole nitrogens is 2. The number of rotatable bonds is 1. The molecule has 0 radical (unpaired) electrons. The minimum Gasteiger partial charge on any atom is -0.481 e. The van der Waals surface area contributed by atoms with Crippen LogP contribution in [-0.4, -0.2) is 21.0 Å². The van der Waals surface area contributed by atoms with Gasteiger partial charge in [-0.05, 0) is 25.1 Å². The largest absolute Gasteiger partial charge is 0.481 e. The van der Waals surface area contributed by atoms with Crippen LogP contribution in [0.25, 0.3) is 0 Å². The summed E-state index contributed by atoms with van der Waals surface area (Å²) in [5.41, 5.74) is 1.11. The van der Waals surface area contributed by atoms with Gasteiger partial charge >= 0.3 is 5.97 Å². The average molecular weight is 226 g/mol. The Labute approximate surface area is 90.2 Å². The molecule has 1 unspecified atom stereocenters. The highest BCUT2D eigenvalue weighted by atomic mass is 32.1. The number of nitrogens with one attached hydrogen (secondary N) is 2. The Hall–Kier alpha value is -1.43. The molecule has 1 aromatic heterocycles. The predicted molar refractivity (Wildman–Crippen MR) is 55.4 cm³/mol. The van der Waals surface area contributed by atoms with E-state index >= 15 is 0 Å². The lowest BCUT2D eigenvalue weighted by Crippen LogP contribution is -2.28. The van der Waals surface area contributed by atoms with Crippen LogP contribution in [0.15, 0.2) is 4.79 Å². The molecule has 0 aliphatic heterocycles. The number of hydrogen-bond donors (Lipinski definition) is 3. The van der Waals surface area contributed by atoms with Crippen LogP contribution in [0.5, 0.6) is 0 Å². The second-order valence-electron chi connectivity index (χ2n) is 3.64. The molecule has 2 rings (SSSR count). The van der Waals surface area contributed by atoms with Gasteiger partial charge in [-0.3, -0.25) is 14.6 Å². The Bertz CT molecular complexity index is 517. The van der Waals surface area contributed by atoms with Crippen LogP contribution in [0.4, 0.5) is 0 Å². The van der Waals surface area contributed by atoms with Crippen molar-refractivity contribution in [2.24, 2.45) is 5.92 Å². The summed E-state index contributed by atoms with van der Waals surface area (Å²) in [5.74, 6) is -1.23. The molecular formula is C9H10N2O3S. The van der Waals surface area contributed by atoms with Gasteiger partial charge in [0.25, 0.3) is 5.56 Å². The number of fused-ring (bicyclic) bond motifs is 1. The van der Waals surface area contributed by atoms with Crippen molar-refractivity contribution < 1.29 is 9.90 Å². The first-order chi connectivity index (χ1) is 7.08. The Kier molecular flexibility index (Phi) is 2.44. The zero-order valence-corrected chi connectivity index (χ0v) is 8.69. The van der Waals surface area contributed by atoms with Crippen molar-refractivity contribution in [3.63, 3.8) is 0 Å². The standard InChI is InChI=1S/C9H10N2O3S/c12-7-5-2-1-4(8(13)14)3-6(5)10-9(15)11-7/h4H,1-3H2,(H,13,14)(H2,10,11,12,15). The summed E-state index contributed by atoms with van der Waals surface area (Å²) >= 11 is 4.83. The van der Waals surface area contributed by atoms with Crippen LogP contribution < -0.4 is 5.56 Å². The molecule has 0 fully saturated rings. The van der Waals surface area contributed by atoms with Crippen molar-refractivity contribution in [3.8, 4) is 0 Å². The Morgan fingerprint density at radius 2 is 2.20 bits per heavy atom. The molecule has 80 valence electrons. The summed E-state index contributed by atoms with van der Waals surface area (Å²) in [4.78, 5) is 27.6. The van der Waals surface area contributed by atoms with E-state index in [0.717, 1.165) is 0 Å². The first kappa shape index (κ1) is 10.1. The maximum Gasteiger partial charge on any atom is 0.306 e. The smallest absolute Gasteiger partial charge is 0.306 e. The number of aromatic nitrogens is 2. The normalized spacial score (nSPS) is 19.6. The lowest BCUT2D eigenvalue weighted by Gasteiger charge is -2.19. The van der Waals surface area contributed by atoms with Gasteiger partial charge in [0, 0.05) is 17.7 Å². The first-order valence-electron chi connectivity index (χ1n) is 4.65. The molecule has 1 atom stereocenters. The van der Waals surface area contributed by atoms with Crippen molar-refractivity contribution in [2.75, 3.05) is 0 Å². The minimum absolute atomic E-state index is 0.197. The van der Waals surface area contributed by atoms with Crippen LogP contribution in [0.1, 0.15) is 17.7 Å². The summed E-state index contributed by atoms with van der Waals surface area (Å²) in [5, 5.41) is 8.88. The highest BCUT2D eigenvalue weighted by Crippen LogP contribution is 2.21. The molecule has 1 aliphatic carbocycles. The van der Waals surface area contributed by atoms with Gasteiger partial charge in [0.1, 0.15) is 0 Å². The summed E-state index contributed by atoms with van der Waals surface area (Å²) < 4.78 is 0.254. The third kappa shape index (κ3) is 1.85. The van der Waals surface area contributed by atoms with Gasteiger partial charge in [-0.2, -0.15) is 0 Å². The fraction of sp³-hybridized carbons (Fsp3) is 0.444. The van der Waals surface area contributed by atoms with E-state index in [9.17, 15) is 9.59 Å². The van der Waals surface area contributed by atoms with E-state index in [1.807, 2.05) is 0 Å². The van der Waals surface area contributed by atoms with Crippen molar-refractivity contribution in [2.45, 2.75) is 19.3 Å². The average Bonchev–Trinajstić information content (AvgIpc) is 2.16. The van der Waals surface area contributed by atoms with Gasteiger partial charge in [0.05, 0.1) is 5.92 Å². The van der Waals surface area contributed by atoms with E-state index in [4.69, 9.17) is 17.3 Å². The zero-order valence-electron chi connectivity index (χ0n) is 7.87. The molecular weight excluding hydrogens is 216 g/mol. The number of aromatic amines is 2. The number of carbonyl (C=O) groups is 1. The SMILES string of the molecule is O=C(O)C1CCc2c([nH]c(=S)[nH]c2=O)C1. The number of aliphatic carboxylic acids is 1. The van der Waals surface area contributed by atoms with Gasteiger partial charge < -0.3 is 10.1 Å². The van der Waals surface area contributed by atoms with E-state index < -0.39 is 11.9 Å². The highest BCUT2D eigenvalue weighted by molar-refractivity contribution is 7.71. The summed E-state index contributed by atoms with van der Waals surface area (Å²) in [7, 11) is 0. The molecule has 3 N–H and O–H groups in total. The van der Waals surface area contributed by atoms with Crippen LogP contribution in [0, 0.1) is 10.7 Å². The molecule has 6 heteroatoms. The van der Waals surface area contributed by atoms with E-state index in [1.165, 1.54) is 0 Å². The Morgan fingerprint density at radius 1 is 1.47 bits per heavy atom. The number of carboxylic acid groups (broad SMARTS) is 1. The summed E-state index contributed by atoms with van der Waals surface area (Å²) in [6.45, 7) is 0. The Morgan fingerprint density at radius 3 is 2.87 bits per heavy atom. The molecule has 0 amide bonds. The number of carboxylic acids is 1. The molecule has 0 spiro atoms. The van der Waals surface area contributed by atoms with Crippen molar-refractivity contribution in [3.05, 3.63) is 26.4 Å².